The fraction of sp³-hybridized carbons (Fsp3) is 0.195. The SMILES string of the molecule is C=Cc1cc2cc(OCc3c(Cl)cccc3Cl)ccc2n1CCCC#N.N#CCCCn1c(C=O)cc2cc(OCc3c(Cl)cccc3Cl)ccc21. The smallest absolute Gasteiger partial charge is 0.166 e. The van der Waals surface area contributed by atoms with Gasteiger partial charge in [0, 0.05) is 84.6 Å². The van der Waals surface area contributed by atoms with Crippen LogP contribution in [-0.4, -0.2) is 15.4 Å². The van der Waals surface area contributed by atoms with Crippen molar-refractivity contribution in [1.82, 2.24) is 9.13 Å². The number of carbonyl (C=O) groups is 1. The molecule has 4 aromatic carbocycles. The first-order valence-electron chi connectivity index (χ1n) is 16.5. The van der Waals surface area contributed by atoms with Crippen LogP contribution in [-0.2, 0) is 26.3 Å². The van der Waals surface area contributed by atoms with Crippen molar-refractivity contribution in [2.75, 3.05) is 0 Å². The Bertz CT molecular complexity index is 2100. The number of aryl methyl sites for hydroxylation is 2. The van der Waals surface area contributed by atoms with Gasteiger partial charge in [-0.05, 0) is 91.7 Å². The Balaban J connectivity index is 0.000000201. The number of fused-ring (bicyclic) bond motifs is 2. The van der Waals surface area contributed by atoms with Crippen LogP contribution in [0.2, 0.25) is 20.1 Å². The first-order chi connectivity index (χ1) is 25.3. The Labute approximate surface area is 322 Å². The highest BCUT2D eigenvalue weighted by Gasteiger charge is 2.12. The number of nitrogens with zero attached hydrogens (tertiary/aromatic N) is 4. The van der Waals surface area contributed by atoms with Crippen molar-refractivity contribution < 1.29 is 14.3 Å². The molecule has 0 saturated carbocycles. The van der Waals surface area contributed by atoms with Crippen molar-refractivity contribution in [2.24, 2.45) is 0 Å². The predicted molar refractivity (Wildman–Crippen MR) is 211 cm³/mol. The Kier molecular flexibility index (Phi) is 13.7. The number of rotatable bonds is 14. The van der Waals surface area contributed by atoms with Crippen molar-refractivity contribution in [3.8, 4) is 23.6 Å². The van der Waals surface area contributed by atoms with Gasteiger partial charge < -0.3 is 18.6 Å². The van der Waals surface area contributed by atoms with E-state index >= 15 is 0 Å². The molecule has 11 heteroatoms. The van der Waals surface area contributed by atoms with Crippen LogP contribution in [0.3, 0.4) is 0 Å². The maximum atomic E-state index is 11.4. The molecule has 0 spiro atoms. The van der Waals surface area contributed by atoms with E-state index in [0.717, 1.165) is 63.6 Å². The third-order valence-corrected chi connectivity index (χ3v) is 9.79. The van der Waals surface area contributed by atoms with E-state index < -0.39 is 0 Å². The van der Waals surface area contributed by atoms with Gasteiger partial charge in [0.2, 0.25) is 0 Å². The van der Waals surface area contributed by atoms with Crippen molar-refractivity contribution in [1.29, 1.82) is 10.5 Å². The Morgan fingerprint density at radius 3 is 1.46 bits per heavy atom. The molecule has 0 aliphatic carbocycles. The van der Waals surface area contributed by atoms with Gasteiger partial charge in [-0.15, -0.1) is 0 Å². The average Bonchev–Trinajstić information content (AvgIpc) is 3.68. The number of halogens is 4. The van der Waals surface area contributed by atoms with Crippen LogP contribution < -0.4 is 9.47 Å². The summed E-state index contributed by atoms with van der Waals surface area (Å²) in [5.41, 5.74) is 5.16. The molecule has 0 aliphatic heterocycles. The molecule has 7 nitrogen and oxygen atoms in total. The quantitative estimate of drug-likeness (QED) is 0.0812. The summed E-state index contributed by atoms with van der Waals surface area (Å²) in [5.74, 6) is 1.42. The maximum absolute atomic E-state index is 11.4. The molecule has 0 N–H and O–H groups in total. The molecule has 0 amide bonds. The normalized spacial score (nSPS) is 10.7. The van der Waals surface area contributed by atoms with Crippen LogP contribution in [0.25, 0.3) is 27.9 Å². The number of hydrogen-bond donors (Lipinski definition) is 0. The van der Waals surface area contributed by atoms with E-state index in [1.807, 2.05) is 59.2 Å². The molecule has 2 heterocycles. The van der Waals surface area contributed by atoms with Crippen LogP contribution >= 0.6 is 46.4 Å². The molecule has 6 aromatic rings. The Morgan fingerprint density at radius 1 is 0.635 bits per heavy atom. The summed E-state index contributed by atoms with van der Waals surface area (Å²) in [6.07, 6.45) is 5.16. The van der Waals surface area contributed by atoms with E-state index in [1.54, 1.807) is 30.3 Å². The molecule has 0 unspecified atom stereocenters. The highest BCUT2D eigenvalue weighted by molar-refractivity contribution is 6.36. The van der Waals surface area contributed by atoms with Gasteiger partial charge >= 0.3 is 0 Å². The molecule has 52 heavy (non-hydrogen) atoms. The van der Waals surface area contributed by atoms with E-state index in [1.165, 1.54) is 0 Å². The van der Waals surface area contributed by atoms with Gasteiger partial charge in [-0.2, -0.15) is 10.5 Å². The fourth-order valence-corrected chi connectivity index (χ4v) is 6.78. The van der Waals surface area contributed by atoms with Gasteiger partial charge in [0.15, 0.2) is 6.29 Å². The first kappa shape index (κ1) is 38.3. The third-order valence-electron chi connectivity index (χ3n) is 8.37. The van der Waals surface area contributed by atoms with Crippen LogP contribution in [0.5, 0.6) is 11.5 Å². The lowest BCUT2D eigenvalue weighted by Crippen LogP contribution is -2.02. The molecule has 6 rings (SSSR count). The minimum atomic E-state index is 0.257. The van der Waals surface area contributed by atoms with Gasteiger partial charge in [-0.3, -0.25) is 4.79 Å². The molecular weight excluding hydrogens is 738 g/mol. The van der Waals surface area contributed by atoms with Crippen molar-refractivity contribution in [3.63, 3.8) is 0 Å². The molecule has 0 fully saturated rings. The molecule has 0 radical (unpaired) electrons. The second-order valence-corrected chi connectivity index (χ2v) is 13.3. The molecule has 2 aromatic heterocycles. The molecule has 0 aliphatic rings. The number of nitriles is 2. The zero-order valence-corrected chi connectivity index (χ0v) is 31.2. The number of hydrogen-bond acceptors (Lipinski definition) is 5. The van der Waals surface area contributed by atoms with Gasteiger partial charge in [0.1, 0.15) is 24.7 Å². The van der Waals surface area contributed by atoms with Gasteiger partial charge in [0.25, 0.3) is 0 Å². The number of ether oxygens (including phenoxy) is 2. The molecule has 0 bridgehead atoms. The summed E-state index contributed by atoms with van der Waals surface area (Å²) < 4.78 is 15.8. The summed E-state index contributed by atoms with van der Waals surface area (Å²) in [5, 5.41) is 21.7. The van der Waals surface area contributed by atoms with Crippen LogP contribution in [0.15, 0.2) is 91.5 Å². The topological polar surface area (TPSA) is 93.0 Å². The lowest BCUT2D eigenvalue weighted by molar-refractivity contribution is 0.111. The summed E-state index contributed by atoms with van der Waals surface area (Å²) in [6.45, 7) is 5.86. The van der Waals surface area contributed by atoms with Crippen LogP contribution in [0.4, 0.5) is 0 Å². The van der Waals surface area contributed by atoms with E-state index in [0.29, 0.717) is 63.9 Å². The molecule has 0 atom stereocenters. The molecular formula is C41H34Cl4N4O3. The number of benzene rings is 4. The first-order valence-corrected chi connectivity index (χ1v) is 18.0. The summed E-state index contributed by atoms with van der Waals surface area (Å²) in [6, 6.07) is 30.5. The standard InChI is InChI=1S/C21H18Cl2N2O.C20H16Cl2N2O2/c1-2-16-12-15-13-17(8-9-21(15)25(16)11-4-3-10-24)26-14-18-19(22)6-5-7-20(18)23;21-18-4-3-5-19(22)17(18)13-26-16-6-7-20-14(11-16)10-15(12-25)24(20)9-2-1-8-23/h2,5-9,12-13H,1,3-4,11,14H2;3-7,10-12H,1-2,9,13H2. The van der Waals surface area contributed by atoms with Gasteiger partial charge in [-0.1, -0.05) is 65.1 Å². The summed E-state index contributed by atoms with van der Waals surface area (Å²) in [7, 11) is 0. The van der Waals surface area contributed by atoms with Gasteiger partial charge in [-0.25, -0.2) is 0 Å². The zero-order valence-electron chi connectivity index (χ0n) is 28.1. The highest BCUT2D eigenvalue weighted by atomic mass is 35.5. The Hall–Kier alpha value is -4.89. The fourth-order valence-electron chi connectivity index (χ4n) is 5.77. The van der Waals surface area contributed by atoms with E-state index in [-0.39, 0.29) is 6.61 Å². The predicted octanol–water partition coefficient (Wildman–Crippen LogP) is 12.1. The largest absolute Gasteiger partial charge is 0.489 e. The second kappa shape index (κ2) is 18.6. The van der Waals surface area contributed by atoms with Crippen LogP contribution in [0, 0.1) is 22.7 Å². The minimum absolute atomic E-state index is 0.257. The zero-order chi connectivity index (χ0) is 37.0. The summed E-state index contributed by atoms with van der Waals surface area (Å²) in [4.78, 5) is 11.4. The van der Waals surface area contributed by atoms with Gasteiger partial charge in [0.05, 0.1) is 17.8 Å². The van der Waals surface area contributed by atoms with E-state index in [2.05, 4.69) is 29.4 Å². The van der Waals surface area contributed by atoms with Crippen molar-refractivity contribution >= 4 is 80.6 Å². The van der Waals surface area contributed by atoms with Crippen molar-refractivity contribution in [3.05, 3.63) is 134 Å². The van der Waals surface area contributed by atoms with E-state index in [4.69, 9.17) is 66.4 Å². The lowest BCUT2D eigenvalue weighted by atomic mass is 10.2. The van der Waals surface area contributed by atoms with Crippen LogP contribution in [0.1, 0.15) is 53.0 Å². The number of carbonyl (C=O) groups excluding carboxylic acids is 1. The third kappa shape index (κ3) is 9.31. The number of aromatic nitrogens is 2. The van der Waals surface area contributed by atoms with E-state index in [9.17, 15) is 4.79 Å². The lowest BCUT2D eigenvalue weighted by Gasteiger charge is -2.10. The summed E-state index contributed by atoms with van der Waals surface area (Å²) >= 11 is 24.7. The number of unbranched alkanes of at least 4 members (excludes halogenated alkanes) is 2. The molecule has 0 saturated heterocycles. The highest BCUT2D eigenvalue weighted by Crippen LogP contribution is 2.30. The Morgan fingerprint density at radius 2 is 1.06 bits per heavy atom. The molecule has 264 valence electrons. The average molecular weight is 773 g/mol. The maximum Gasteiger partial charge on any atom is 0.166 e. The monoisotopic (exact) mass is 770 g/mol. The second-order valence-electron chi connectivity index (χ2n) is 11.7. The minimum Gasteiger partial charge on any atom is -0.489 e. The van der Waals surface area contributed by atoms with Crippen molar-refractivity contribution in [2.45, 2.75) is 52.0 Å². The number of aldehydes is 1.